The monoisotopic (exact) mass is 377 g/mol. The topological polar surface area (TPSA) is 57.0 Å². The predicted molar refractivity (Wildman–Crippen MR) is 99.8 cm³/mol. The van der Waals surface area contributed by atoms with E-state index in [-0.39, 0.29) is 12.0 Å². The summed E-state index contributed by atoms with van der Waals surface area (Å²) in [6.45, 7) is 6.30. The van der Waals surface area contributed by atoms with Crippen LogP contribution in [0.5, 0.6) is 0 Å². The number of hydrogen-bond acceptors (Lipinski definition) is 5. The van der Waals surface area contributed by atoms with Crippen LogP contribution in [0.1, 0.15) is 44.5 Å². The Morgan fingerprint density at radius 1 is 1.44 bits per heavy atom. The molecule has 132 valence electrons. The molecule has 0 amide bonds. The van der Waals surface area contributed by atoms with E-state index in [2.05, 4.69) is 35.8 Å². The number of aromatic nitrogens is 3. The van der Waals surface area contributed by atoms with Crippen molar-refractivity contribution in [1.29, 1.82) is 0 Å². The Morgan fingerprint density at radius 2 is 2.24 bits per heavy atom. The molecule has 0 aromatic carbocycles. The van der Waals surface area contributed by atoms with Crippen molar-refractivity contribution >= 4 is 29.3 Å². The summed E-state index contributed by atoms with van der Waals surface area (Å²) in [4.78, 5) is 16.5. The van der Waals surface area contributed by atoms with Crippen LogP contribution in [0.4, 0.5) is 0 Å². The lowest BCUT2D eigenvalue weighted by Gasteiger charge is -2.05. The second-order valence-electron chi connectivity index (χ2n) is 5.43. The molecule has 0 bridgehead atoms. The Kier molecular flexibility index (Phi) is 7.35. The highest BCUT2D eigenvalue weighted by molar-refractivity contribution is 7.99. The normalized spacial score (nSPS) is 10.4. The van der Waals surface area contributed by atoms with E-state index in [1.165, 1.54) is 11.8 Å². The Hall–Kier alpha value is -1.97. The summed E-state index contributed by atoms with van der Waals surface area (Å²) in [7, 11) is 0. The van der Waals surface area contributed by atoms with Gasteiger partial charge >= 0.3 is 5.97 Å². The zero-order chi connectivity index (χ0) is 18.2. The molecule has 2 rings (SSSR count). The molecule has 0 aliphatic carbocycles. The van der Waals surface area contributed by atoms with Crippen molar-refractivity contribution in [3.63, 3.8) is 0 Å². The molecule has 0 atom stereocenters. The fourth-order valence-electron chi connectivity index (χ4n) is 1.92. The van der Waals surface area contributed by atoms with E-state index < -0.39 is 0 Å². The number of rotatable bonds is 6. The van der Waals surface area contributed by atoms with Gasteiger partial charge in [-0.05, 0) is 32.8 Å². The van der Waals surface area contributed by atoms with Crippen LogP contribution in [0.2, 0.25) is 5.02 Å². The molecule has 2 heterocycles. The average molecular weight is 378 g/mol. The van der Waals surface area contributed by atoms with Gasteiger partial charge in [0.15, 0.2) is 0 Å². The van der Waals surface area contributed by atoms with E-state index >= 15 is 0 Å². The van der Waals surface area contributed by atoms with Gasteiger partial charge in [0, 0.05) is 29.1 Å². The van der Waals surface area contributed by atoms with Gasteiger partial charge in [-0.25, -0.2) is 4.98 Å². The number of esters is 1. The van der Waals surface area contributed by atoms with Crippen molar-refractivity contribution in [3.05, 3.63) is 40.9 Å². The van der Waals surface area contributed by atoms with Crippen LogP contribution in [0.3, 0.4) is 0 Å². The van der Waals surface area contributed by atoms with Crippen molar-refractivity contribution < 1.29 is 9.53 Å². The second-order valence-corrected chi connectivity index (χ2v) is 6.94. The number of nitrogens with zero attached hydrogens (tertiary/aromatic N) is 3. The maximum atomic E-state index is 11.4. The maximum absolute atomic E-state index is 11.4. The number of hydrogen-bond donors (Lipinski definition) is 0. The molecule has 0 spiro atoms. The molecule has 5 nitrogen and oxygen atoms in total. The van der Waals surface area contributed by atoms with E-state index in [9.17, 15) is 4.79 Å². The molecule has 2 aromatic heterocycles. The highest BCUT2D eigenvalue weighted by Crippen LogP contribution is 2.29. The summed E-state index contributed by atoms with van der Waals surface area (Å²) in [5.41, 5.74) is 1.33. The summed E-state index contributed by atoms with van der Waals surface area (Å²) < 4.78 is 6.76. The van der Waals surface area contributed by atoms with E-state index in [0.29, 0.717) is 29.5 Å². The highest BCUT2D eigenvalue weighted by Gasteiger charge is 2.08. The van der Waals surface area contributed by atoms with Crippen LogP contribution in [-0.2, 0) is 9.53 Å². The smallest absolute Gasteiger partial charge is 0.306 e. The molecule has 25 heavy (non-hydrogen) atoms. The largest absolute Gasteiger partial charge is 0.466 e. The van der Waals surface area contributed by atoms with Crippen molar-refractivity contribution in [1.82, 2.24) is 14.8 Å². The molecule has 0 saturated heterocycles. The lowest BCUT2D eigenvalue weighted by molar-refractivity contribution is -0.142. The predicted octanol–water partition coefficient (Wildman–Crippen LogP) is 3.96. The molecular weight excluding hydrogens is 358 g/mol. The molecule has 0 fully saturated rings. The van der Waals surface area contributed by atoms with Crippen LogP contribution >= 0.6 is 23.4 Å². The van der Waals surface area contributed by atoms with Gasteiger partial charge in [0.05, 0.1) is 29.8 Å². The second kappa shape index (κ2) is 9.50. The van der Waals surface area contributed by atoms with Gasteiger partial charge in [-0.1, -0.05) is 17.5 Å². The molecule has 0 radical (unpaired) electrons. The van der Waals surface area contributed by atoms with Gasteiger partial charge in [-0.3, -0.25) is 9.48 Å². The minimum Gasteiger partial charge on any atom is -0.466 e. The van der Waals surface area contributed by atoms with E-state index in [4.69, 9.17) is 16.3 Å². The van der Waals surface area contributed by atoms with Crippen LogP contribution in [0.25, 0.3) is 0 Å². The first-order valence-corrected chi connectivity index (χ1v) is 9.36. The third kappa shape index (κ3) is 5.80. The third-order valence-corrected chi connectivity index (χ3v) is 4.73. The first-order valence-electron chi connectivity index (χ1n) is 8.00. The van der Waals surface area contributed by atoms with E-state index in [0.717, 1.165) is 10.5 Å². The number of carbonyl (C=O) groups is 1. The fraction of sp³-hybridized carbons (Fsp3) is 0.389. The van der Waals surface area contributed by atoms with Crippen LogP contribution in [-0.4, -0.2) is 33.1 Å². The van der Waals surface area contributed by atoms with E-state index in [1.54, 1.807) is 19.3 Å². The van der Waals surface area contributed by atoms with Crippen LogP contribution in [0, 0.1) is 11.8 Å². The summed E-state index contributed by atoms with van der Waals surface area (Å²) in [6.07, 6.45) is 5.62. The molecule has 0 unspecified atom stereocenters. The Balaban J connectivity index is 2.05. The Morgan fingerprint density at radius 3 is 2.92 bits per heavy atom. The molecule has 7 heteroatoms. The lowest BCUT2D eigenvalue weighted by Crippen LogP contribution is -2.04. The number of thioether (sulfide) groups is 1. The van der Waals surface area contributed by atoms with Gasteiger partial charge in [0.25, 0.3) is 0 Å². The fourth-order valence-corrected chi connectivity index (χ4v) is 3.11. The SMILES string of the molecule is CCOC(=O)CCSc1ccnc(C#Cc2cnn(C(C)C)c2)c1Cl. The van der Waals surface area contributed by atoms with Crippen molar-refractivity contribution in [3.8, 4) is 11.8 Å². The van der Waals surface area contributed by atoms with E-state index in [1.807, 2.05) is 16.9 Å². The highest BCUT2D eigenvalue weighted by atomic mass is 35.5. The number of carbonyl (C=O) groups excluding carboxylic acids is 1. The van der Waals surface area contributed by atoms with Crippen molar-refractivity contribution in [2.45, 2.75) is 38.1 Å². The van der Waals surface area contributed by atoms with Gasteiger partial charge in [-0.2, -0.15) is 5.10 Å². The minimum atomic E-state index is -0.206. The standard InChI is InChI=1S/C18H20ClN3O2S/c1-4-24-17(23)8-10-25-16-7-9-20-15(18(16)19)6-5-14-11-21-22(12-14)13(2)3/h7,9,11-13H,4,8,10H2,1-3H3. The third-order valence-electron chi connectivity index (χ3n) is 3.18. The number of ether oxygens (including phenoxy) is 1. The minimum absolute atomic E-state index is 0.206. The number of halogens is 1. The van der Waals surface area contributed by atoms with Gasteiger partial charge in [0.1, 0.15) is 5.69 Å². The Labute approximate surface area is 157 Å². The zero-order valence-corrected chi connectivity index (χ0v) is 16.0. The van der Waals surface area contributed by atoms with Crippen LogP contribution in [0.15, 0.2) is 29.6 Å². The average Bonchev–Trinajstić information content (AvgIpc) is 3.05. The molecular formula is C18H20ClN3O2S. The van der Waals surface area contributed by atoms with Crippen molar-refractivity contribution in [2.24, 2.45) is 0 Å². The summed E-state index contributed by atoms with van der Waals surface area (Å²) >= 11 is 7.87. The first kappa shape index (κ1) is 19.4. The first-order chi connectivity index (χ1) is 12.0. The molecule has 2 aromatic rings. The molecule has 0 aliphatic heterocycles. The van der Waals surface area contributed by atoms with Gasteiger partial charge in [0.2, 0.25) is 0 Å². The summed E-state index contributed by atoms with van der Waals surface area (Å²) in [5, 5.41) is 4.75. The number of pyridine rings is 1. The lowest BCUT2D eigenvalue weighted by atomic mass is 10.3. The summed E-state index contributed by atoms with van der Waals surface area (Å²) in [6, 6.07) is 2.11. The quantitative estimate of drug-likeness (QED) is 0.433. The molecule has 0 N–H and O–H groups in total. The molecule has 0 saturated carbocycles. The zero-order valence-electron chi connectivity index (χ0n) is 14.5. The maximum Gasteiger partial charge on any atom is 0.306 e. The Bertz CT molecular complexity index is 793. The van der Waals surface area contributed by atoms with Crippen LogP contribution < -0.4 is 0 Å². The van der Waals surface area contributed by atoms with Gasteiger partial charge in [-0.15, -0.1) is 11.8 Å². The van der Waals surface area contributed by atoms with Crippen molar-refractivity contribution in [2.75, 3.05) is 12.4 Å². The van der Waals surface area contributed by atoms with Gasteiger partial charge < -0.3 is 4.74 Å². The summed E-state index contributed by atoms with van der Waals surface area (Å²) in [5.74, 6) is 6.41. The molecule has 0 aliphatic rings.